The lowest BCUT2D eigenvalue weighted by Crippen LogP contribution is -2.43. The first-order chi connectivity index (χ1) is 7.83. The van der Waals surface area contributed by atoms with Gasteiger partial charge in [0.25, 0.3) is 0 Å². The summed E-state index contributed by atoms with van der Waals surface area (Å²) >= 11 is 0. The van der Waals surface area contributed by atoms with Gasteiger partial charge in [-0.25, -0.2) is 0 Å². The molecule has 1 saturated heterocycles. The molecule has 2 atom stereocenters. The molecule has 16 heavy (non-hydrogen) atoms. The summed E-state index contributed by atoms with van der Waals surface area (Å²) in [7, 11) is 2.20. The normalized spacial score (nSPS) is 24.2. The van der Waals surface area contributed by atoms with E-state index in [9.17, 15) is 0 Å². The van der Waals surface area contributed by atoms with E-state index in [1.165, 1.54) is 25.8 Å². The smallest absolute Gasteiger partial charge is 0.0462 e. The second-order valence-corrected chi connectivity index (χ2v) is 4.64. The SMILES string of the molecule is CN1CCCCC1C(CN)c1ccccn1. The maximum Gasteiger partial charge on any atom is 0.0462 e. The molecule has 0 bridgehead atoms. The molecule has 0 saturated carbocycles. The molecule has 2 unspecified atom stereocenters. The molecule has 0 aliphatic carbocycles. The summed E-state index contributed by atoms with van der Waals surface area (Å²) in [6.07, 6.45) is 5.74. The van der Waals surface area contributed by atoms with Crippen LogP contribution in [-0.2, 0) is 0 Å². The average Bonchev–Trinajstić information content (AvgIpc) is 2.34. The van der Waals surface area contributed by atoms with Gasteiger partial charge in [-0.2, -0.15) is 0 Å². The van der Waals surface area contributed by atoms with Gasteiger partial charge in [-0.1, -0.05) is 12.5 Å². The van der Waals surface area contributed by atoms with Gasteiger partial charge in [-0.3, -0.25) is 4.98 Å². The molecule has 3 heteroatoms. The van der Waals surface area contributed by atoms with Gasteiger partial charge in [-0.05, 0) is 38.6 Å². The molecule has 1 aromatic rings. The predicted octanol–water partition coefficient (Wildman–Crippen LogP) is 1.61. The van der Waals surface area contributed by atoms with Gasteiger partial charge < -0.3 is 10.6 Å². The minimum absolute atomic E-state index is 0.381. The van der Waals surface area contributed by atoms with E-state index in [0.717, 1.165) is 5.69 Å². The summed E-state index contributed by atoms with van der Waals surface area (Å²) in [4.78, 5) is 6.89. The van der Waals surface area contributed by atoms with Crippen molar-refractivity contribution in [3.05, 3.63) is 30.1 Å². The van der Waals surface area contributed by atoms with Gasteiger partial charge in [0, 0.05) is 30.4 Å². The Morgan fingerprint density at radius 1 is 1.50 bits per heavy atom. The molecule has 0 amide bonds. The molecule has 2 rings (SSSR count). The standard InChI is InChI=1S/C13H21N3/c1-16-9-5-3-7-13(16)11(10-14)12-6-2-4-8-15-12/h2,4,6,8,11,13H,3,5,7,9-10,14H2,1H3. The Balaban J connectivity index is 2.15. The fourth-order valence-electron chi connectivity index (χ4n) is 2.68. The zero-order chi connectivity index (χ0) is 11.4. The van der Waals surface area contributed by atoms with Gasteiger partial charge in [0.1, 0.15) is 0 Å². The van der Waals surface area contributed by atoms with E-state index in [-0.39, 0.29) is 0 Å². The van der Waals surface area contributed by atoms with E-state index in [4.69, 9.17) is 5.73 Å². The molecule has 0 spiro atoms. The number of pyridine rings is 1. The number of likely N-dealkylation sites (tertiary alicyclic amines) is 1. The molecule has 1 aliphatic rings. The van der Waals surface area contributed by atoms with Gasteiger partial charge in [-0.15, -0.1) is 0 Å². The fraction of sp³-hybridized carbons (Fsp3) is 0.615. The molecule has 3 nitrogen and oxygen atoms in total. The topological polar surface area (TPSA) is 42.1 Å². The molecule has 1 aromatic heterocycles. The maximum absolute atomic E-state index is 5.93. The van der Waals surface area contributed by atoms with Crippen molar-refractivity contribution in [2.24, 2.45) is 5.73 Å². The molecule has 1 fully saturated rings. The summed E-state index contributed by atoms with van der Waals surface area (Å²) in [6, 6.07) is 6.67. The number of aromatic nitrogens is 1. The maximum atomic E-state index is 5.93. The van der Waals surface area contributed by atoms with Crippen molar-refractivity contribution >= 4 is 0 Å². The van der Waals surface area contributed by atoms with Crippen LogP contribution in [0.2, 0.25) is 0 Å². The van der Waals surface area contributed by atoms with Crippen molar-refractivity contribution in [2.45, 2.75) is 31.2 Å². The number of hydrogen-bond donors (Lipinski definition) is 1. The second kappa shape index (κ2) is 5.41. The minimum atomic E-state index is 0.381. The second-order valence-electron chi connectivity index (χ2n) is 4.64. The number of nitrogens with zero attached hydrogens (tertiary/aromatic N) is 2. The molecule has 2 heterocycles. The summed E-state index contributed by atoms with van der Waals surface area (Å²) in [5.74, 6) is 0.381. The summed E-state index contributed by atoms with van der Waals surface area (Å²) in [5.41, 5.74) is 7.07. The Bertz CT molecular complexity index is 312. The number of likely N-dealkylation sites (N-methyl/N-ethyl adjacent to an activating group) is 1. The first kappa shape index (κ1) is 11.6. The molecular weight excluding hydrogens is 198 g/mol. The lowest BCUT2D eigenvalue weighted by molar-refractivity contribution is 0.159. The van der Waals surface area contributed by atoms with E-state index in [2.05, 4.69) is 23.0 Å². The van der Waals surface area contributed by atoms with Crippen molar-refractivity contribution < 1.29 is 0 Å². The first-order valence-electron chi connectivity index (χ1n) is 6.14. The van der Waals surface area contributed by atoms with E-state index in [0.29, 0.717) is 18.5 Å². The first-order valence-corrected chi connectivity index (χ1v) is 6.14. The number of nitrogens with two attached hydrogens (primary N) is 1. The highest BCUT2D eigenvalue weighted by molar-refractivity contribution is 5.13. The van der Waals surface area contributed by atoms with Crippen molar-refractivity contribution in [2.75, 3.05) is 20.1 Å². The Kier molecular flexibility index (Phi) is 3.91. The van der Waals surface area contributed by atoms with Crippen LogP contribution in [0.25, 0.3) is 0 Å². The van der Waals surface area contributed by atoms with Crippen LogP contribution in [0, 0.1) is 0 Å². The van der Waals surface area contributed by atoms with Gasteiger partial charge >= 0.3 is 0 Å². The lowest BCUT2D eigenvalue weighted by atomic mass is 9.88. The van der Waals surface area contributed by atoms with Gasteiger partial charge in [0.05, 0.1) is 0 Å². The van der Waals surface area contributed by atoms with Crippen molar-refractivity contribution in [1.29, 1.82) is 0 Å². The van der Waals surface area contributed by atoms with Crippen molar-refractivity contribution in [3.8, 4) is 0 Å². The average molecular weight is 219 g/mol. The Morgan fingerprint density at radius 3 is 3.00 bits per heavy atom. The van der Waals surface area contributed by atoms with Crippen LogP contribution in [0.15, 0.2) is 24.4 Å². The Morgan fingerprint density at radius 2 is 2.38 bits per heavy atom. The molecular formula is C13H21N3. The minimum Gasteiger partial charge on any atom is -0.330 e. The Labute approximate surface area is 97.7 Å². The molecule has 0 aromatic carbocycles. The number of piperidine rings is 1. The van der Waals surface area contributed by atoms with Crippen LogP contribution in [0.5, 0.6) is 0 Å². The van der Waals surface area contributed by atoms with E-state index in [1.807, 2.05) is 18.3 Å². The Hall–Kier alpha value is -0.930. The zero-order valence-electron chi connectivity index (χ0n) is 9.97. The third-order valence-corrected chi connectivity index (χ3v) is 3.61. The van der Waals surface area contributed by atoms with E-state index in [1.54, 1.807) is 0 Å². The highest BCUT2D eigenvalue weighted by Crippen LogP contribution is 2.27. The van der Waals surface area contributed by atoms with Crippen molar-refractivity contribution in [3.63, 3.8) is 0 Å². The number of hydrogen-bond acceptors (Lipinski definition) is 3. The van der Waals surface area contributed by atoms with Gasteiger partial charge in [0.2, 0.25) is 0 Å². The predicted molar refractivity (Wildman–Crippen MR) is 66.3 cm³/mol. The van der Waals surface area contributed by atoms with Crippen LogP contribution in [-0.4, -0.2) is 36.1 Å². The third-order valence-electron chi connectivity index (χ3n) is 3.61. The highest BCUT2D eigenvalue weighted by Gasteiger charge is 2.28. The van der Waals surface area contributed by atoms with E-state index < -0.39 is 0 Å². The van der Waals surface area contributed by atoms with Crippen LogP contribution < -0.4 is 5.73 Å². The van der Waals surface area contributed by atoms with Gasteiger partial charge in [0.15, 0.2) is 0 Å². The van der Waals surface area contributed by atoms with E-state index >= 15 is 0 Å². The van der Waals surface area contributed by atoms with Crippen LogP contribution in [0.4, 0.5) is 0 Å². The molecule has 0 radical (unpaired) electrons. The quantitative estimate of drug-likeness (QED) is 0.839. The summed E-state index contributed by atoms with van der Waals surface area (Å²) < 4.78 is 0. The van der Waals surface area contributed by atoms with Crippen molar-refractivity contribution in [1.82, 2.24) is 9.88 Å². The van der Waals surface area contributed by atoms with Crippen LogP contribution >= 0.6 is 0 Å². The molecule has 88 valence electrons. The summed E-state index contributed by atoms with van der Waals surface area (Å²) in [5, 5.41) is 0. The highest BCUT2D eigenvalue weighted by atomic mass is 15.1. The fourth-order valence-corrected chi connectivity index (χ4v) is 2.68. The molecule has 2 N–H and O–H groups in total. The lowest BCUT2D eigenvalue weighted by Gasteiger charge is -2.37. The third kappa shape index (κ3) is 2.42. The van der Waals surface area contributed by atoms with Crippen LogP contribution in [0.3, 0.4) is 0 Å². The monoisotopic (exact) mass is 219 g/mol. The molecule has 1 aliphatic heterocycles. The largest absolute Gasteiger partial charge is 0.330 e. The summed E-state index contributed by atoms with van der Waals surface area (Å²) in [6.45, 7) is 1.88. The number of rotatable bonds is 3. The van der Waals surface area contributed by atoms with Crippen LogP contribution in [0.1, 0.15) is 30.9 Å². The zero-order valence-corrected chi connectivity index (χ0v) is 9.97.